The minimum atomic E-state index is -1.20. The molecule has 3 heterocycles. The molecule has 0 aromatic carbocycles. The van der Waals surface area contributed by atoms with E-state index in [4.69, 9.17) is 9.84 Å². The maximum absolute atomic E-state index is 13.2. The summed E-state index contributed by atoms with van der Waals surface area (Å²) < 4.78 is 10.00. The van der Waals surface area contributed by atoms with Gasteiger partial charge in [0.25, 0.3) is 0 Å². The summed E-state index contributed by atoms with van der Waals surface area (Å²) in [4.78, 5) is 33.0. The number of pyridine rings is 1. The Morgan fingerprint density at radius 1 is 1.22 bits per heavy atom. The van der Waals surface area contributed by atoms with Crippen LogP contribution in [0.1, 0.15) is 32.6 Å². The third kappa shape index (κ3) is 6.78. The number of rotatable bonds is 10. The van der Waals surface area contributed by atoms with Gasteiger partial charge in [0.1, 0.15) is 24.5 Å². The highest BCUT2D eigenvalue weighted by molar-refractivity contribution is 6.76. The van der Waals surface area contributed by atoms with Crippen LogP contribution in [0.3, 0.4) is 0 Å². The molecule has 1 aliphatic rings. The van der Waals surface area contributed by atoms with Gasteiger partial charge in [-0.1, -0.05) is 19.6 Å². The van der Waals surface area contributed by atoms with Crippen molar-refractivity contribution in [2.45, 2.75) is 71.1 Å². The smallest absolute Gasteiger partial charge is 0.404 e. The normalized spacial score (nSPS) is 19.0. The Bertz CT molecular complexity index is 1210. The number of hydrogen-bond acceptors (Lipinski definition) is 5. The van der Waals surface area contributed by atoms with Crippen LogP contribution in [0.4, 0.5) is 10.5 Å². The number of aromatic nitrogens is 4. The average molecular weight is 527 g/mol. The van der Waals surface area contributed by atoms with Gasteiger partial charge >= 0.3 is 6.09 Å². The number of nitrogens with zero attached hydrogens (tertiary/aromatic N) is 4. The van der Waals surface area contributed by atoms with Crippen molar-refractivity contribution in [2.75, 3.05) is 11.9 Å². The number of hydrogen-bond donors (Lipinski definition) is 3. The van der Waals surface area contributed by atoms with E-state index in [1.807, 2.05) is 34.4 Å². The van der Waals surface area contributed by atoms with E-state index in [1.54, 1.807) is 18.7 Å². The Kier molecular flexibility index (Phi) is 8.33. The van der Waals surface area contributed by atoms with Gasteiger partial charge in [-0.2, -0.15) is 0 Å². The number of nitrogens with one attached hydrogen (secondary N) is 2. The zero-order valence-corrected chi connectivity index (χ0v) is 23.1. The molecule has 1 saturated carbocycles. The van der Waals surface area contributed by atoms with Crippen LogP contribution in [-0.4, -0.2) is 56.9 Å². The molecule has 11 heteroatoms. The summed E-state index contributed by atoms with van der Waals surface area (Å²) >= 11 is 0. The second-order valence-corrected chi connectivity index (χ2v) is 16.8. The van der Waals surface area contributed by atoms with Crippen LogP contribution in [-0.2, 0) is 16.3 Å². The van der Waals surface area contributed by atoms with Crippen LogP contribution in [0.25, 0.3) is 16.9 Å². The van der Waals surface area contributed by atoms with Crippen LogP contribution in [0.15, 0.2) is 37.1 Å². The number of carbonyl (C=O) groups is 2. The average Bonchev–Trinajstić information content (AvgIpc) is 3.49. The molecule has 2 amide bonds. The lowest BCUT2D eigenvalue weighted by molar-refractivity contribution is -0.121. The molecule has 3 aromatic heterocycles. The van der Waals surface area contributed by atoms with Crippen molar-refractivity contribution in [3.05, 3.63) is 37.1 Å². The fourth-order valence-electron chi connectivity index (χ4n) is 4.94. The predicted octanol–water partition coefficient (Wildman–Crippen LogP) is 4.94. The number of imidazole rings is 1. The van der Waals surface area contributed by atoms with Crippen molar-refractivity contribution in [1.29, 1.82) is 0 Å². The van der Waals surface area contributed by atoms with Gasteiger partial charge in [0.2, 0.25) is 5.91 Å². The summed E-state index contributed by atoms with van der Waals surface area (Å²) in [6.07, 6.45) is 9.18. The Hall–Kier alpha value is -3.18. The first kappa shape index (κ1) is 26.9. The molecule has 200 valence electrons. The highest BCUT2D eigenvalue weighted by atomic mass is 28.3. The molecule has 0 radical (unpaired) electrons. The van der Waals surface area contributed by atoms with Crippen molar-refractivity contribution in [3.8, 4) is 5.82 Å². The maximum Gasteiger partial charge on any atom is 0.404 e. The number of fused-ring (bicyclic) bond motifs is 1. The largest absolute Gasteiger partial charge is 0.465 e. The van der Waals surface area contributed by atoms with Gasteiger partial charge in [-0.15, -0.1) is 0 Å². The van der Waals surface area contributed by atoms with Crippen molar-refractivity contribution < 1.29 is 19.4 Å². The number of carboxylic acid groups (broad SMARTS) is 1. The van der Waals surface area contributed by atoms with Crippen LogP contribution in [0, 0.1) is 11.8 Å². The second kappa shape index (κ2) is 11.5. The molecule has 0 aliphatic heterocycles. The van der Waals surface area contributed by atoms with Crippen LogP contribution in [0.2, 0.25) is 25.7 Å². The molecule has 4 rings (SSSR count). The number of anilines is 1. The van der Waals surface area contributed by atoms with Crippen LogP contribution >= 0.6 is 0 Å². The summed E-state index contributed by atoms with van der Waals surface area (Å²) in [7, 11) is -1.20. The molecule has 37 heavy (non-hydrogen) atoms. The summed E-state index contributed by atoms with van der Waals surface area (Å²) in [6, 6.07) is 4.81. The molecule has 3 aromatic rings. The van der Waals surface area contributed by atoms with Crippen molar-refractivity contribution >= 4 is 36.8 Å². The van der Waals surface area contributed by atoms with Gasteiger partial charge in [-0.25, -0.2) is 14.8 Å². The third-order valence-corrected chi connectivity index (χ3v) is 8.92. The van der Waals surface area contributed by atoms with Gasteiger partial charge in [0, 0.05) is 50.6 Å². The van der Waals surface area contributed by atoms with Crippen LogP contribution < -0.4 is 10.6 Å². The first-order valence-corrected chi connectivity index (χ1v) is 16.7. The Morgan fingerprint density at radius 3 is 2.62 bits per heavy atom. The molecule has 1 atom stereocenters. The predicted molar refractivity (Wildman–Crippen MR) is 146 cm³/mol. The number of ether oxygens (including phenoxy) is 1. The minimum absolute atomic E-state index is 0.00638. The number of carbonyl (C=O) groups excluding carboxylic acids is 1. The lowest BCUT2D eigenvalue weighted by Gasteiger charge is -2.31. The summed E-state index contributed by atoms with van der Waals surface area (Å²) in [5.74, 6) is 1.01. The second-order valence-electron chi connectivity index (χ2n) is 11.2. The van der Waals surface area contributed by atoms with E-state index in [1.165, 1.54) is 0 Å². The highest BCUT2D eigenvalue weighted by Gasteiger charge is 2.30. The fourth-order valence-corrected chi connectivity index (χ4v) is 5.70. The molecule has 0 bridgehead atoms. The highest BCUT2D eigenvalue weighted by Crippen LogP contribution is 2.33. The lowest BCUT2D eigenvalue weighted by Crippen LogP contribution is -2.39. The standard InChI is InChI=1S/C26H38N6O4Si/c1-18(29-26(34)35)19-5-7-20(8-6-19)25(33)30-22-9-10-28-24-21(22)15-23(31-12-11-27-16-31)32(24)17-36-13-14-37(2,3)4/h9-12,15-16,18-20,29H,5-8,13-14,17H2,1-4H3,(H,34,35)(H,28,30,33)/t18?,19-,20-. The van der Waals surface area contributed by atoms with Crippen molar-refractivity contribution in [1.82, 2.24) is 24.4 Å². The van der Waals surface area contributed by atoms with Gasteiger partial charge in [0.05, 0.1) is 5.69 Å². The monoisotopic (exact) mass is 526 g/mol. The van der Waals surface area contributed by atoms with E-state index in [-0.39, 0.29) is 23.8 Å². The van der Waals surface area contributed by atoms with Gasteiger partial charge in [-0.3, -0.25) is 13.9 Å². The Balaban J connectivity index is 1.49. The first-order valence-electron chi connectivity index (χ1n) is 13.0. The van der Waals surface area contributed by atoms with E-state index in [0.717, 1.165) is 54.3 Å². The quantitative estimate of drug-likeness (QED) is 0.254. The zero-order chi connectivity index (χ0) is 26.6. The fraction of sp³-hybridized carbons (Fsp3) is 0.538. The maximum atomic E-state index is 13.2. The molecule has 10 nitrogen and oxygen atoms in total. The molecule has 3 N–H and O–H groups in total. The topological polar surface area (TPSA) is 123 Å². The van der Waals surface area contributed by atoms with Crippen molar-refractivity contribution in [2.24, 2.45) is 11.8 Å². The van der Waals surface area contributed by atoms with E-state index < -0.39 is 14.2 Å². The zero-order valence-electron chi connectivity index (χ0n) is 22.1. The SMILES string of the molecule is CC(NC(=O)O)[C@H]1CC[C@H](C(=O)Nc2ccnc3c2cc(-n2ccnc2)n3COCC[Si](C)(C)C)CC1. The molecular formula is C26H38N6O4Si. The summed E-state index contributed by atoms with van der Waals surface area (Å²) in [5.41, 5.74) is 1.46. The third-order valence-electron chi connectivity index (χ3n) is 7.22. The van der Waals surface area contributed by atoms with Crippen LogP contribution in [0.5, 0.6) is 0 Å². The Labute approximate surface area is 218 Å². The summed E-state index contributed by atoms with van der Waals surface area (Å²) in [6.45, 7) is 9.93. The molecule has 1 unspecified atom stereocenters. The molecule has 1 aliphatic carbocycles. The lowest BCUT2D eigenvalue weighted by atomic mass is 9.78. The first-order chi connectivity index (χ1) is 17.6. The summed E-state index contributed by atoms with van der Waals surface area (Å²) in [5, 5.41) is 15.5. The van der Waals surface area contributed by atoms with Gasteiger partial charge < -0.3 is 20.5 Å². The molecule has 0 spiro atoms. The van der Waals surface area contributed by atoms with Gasteiger partial charge in [-0.05, 0) is 56.7 Å². The van der Waals surface area contributed by atoms with E-state index >= 15 is 0 Å². The molecular weight excluding hydrogens is 488 g/mol. The number of amides is 2. The van der Waals surface area contributed by atoms with Gasteiger partial charge in [0.15, 0.2) is 0 Å². The molecule has 0 saturated heterocycles. The Morgan fingerprint density at radius 2 is 1.97 bits per heavy atom. The minimum Gasteiger partial charge on any atom is -0.465 e. The van der Waals surface area contributed by atoms with Crippen molar-refractivity contribution in [3.63, 3.8) is 0 Å². The molecule has 1 fully saturated rings. The van der Waals surface area contributed by atoms with E-state index in [9.17, 15) is 9.59 Å². The van der Waals surface area contributed by atoms with E-state index in [0.29, 0.717) is 13.3 Å². The van der Waals surface area contributed by atoms with E-state index in [2.05, 4.69) is 40.2 Å².